The van der Waals surface area contributed by atoms with Crippen molar-refractivity contribution < 1.29 is 45.3 Å². The number of hydrogen-bond acceptors (Lipinski definition) is 4. The number of carbonyl (C=O) groups excluding carboxylic acids is 1. The highest BCUT2D eigenvalue weighted by Gasteiger charge is 2.29. The number of esters is 1. The minimum atomic E-state index is -3.61. The molecule has 0 heterocycles. The minimum absolute atomic E-state index is 0.453. The molecule has 0 aliphatic rings. The summed E-state index contributed by atoms with van der Waals surface area (Å²) in [6.07, 6.45) is -13.6. The van der Waals surface area contributed by atoms with E-state index in [0.717, 1.165) is 19.2 Å². The van der Waals surface area contributed by atoms with Crippen LogP contribution in [0.4, 0.5) is 26.3 Å². The first-order valence-electron chi connectivity index (χ1n) is 5.77. The molecule has 0 amide bonds. The van der Waals surface area contributed by atoms with Gasteiger partial charge in [-0.05, 0) is 12.1 Å². The lowest BCUT2D eigenvalue weighted by atomic mass is 10.2. The van der Waals surface area contributed by atoms with E-state index in [-0.39, 0.29) is 0 Å². The SMILES string of the molecule is COC(=O)c1ccc(OC(F)C(F)F)c(OC(F)C(F)F)c1Cl. The molecule has 0 N–H and O–H groups in total. The van der Waals surface area contributed by atoms with Gasteiger partial charge in [0.05, 0.1) is 12.7 Å². The number of halogens is 7. The van der Waals surface area contributed by atoms with Gasteiger partial charge in [-0.3, -0.25) is 0 Å². The molecule has 0 radical (unpaired) electrons. The van der Waals surface area contributed by atoms with Gasteiger partial charge < -0.3 is 14.2 Å². The Balaban J connectivity index is 3.28. The van der Waals surface area contributed by atoms with Gasteiger partial charge in [-0.25, -0.2) is 22.4 Å². The molecule has 0 saturated heterocycles. The first kappa shape index (κ1) is 19.2. The minimum Gasteiger partial charge on any atom is -0.465 e. The van der Waals surface area contributed by atoms with Crippen LogP contribution in [-0.2, 0) is 4.74 Å². The number of methoxy groups -OCH3 is 1. The van der Waals surface area contributed by atoms with Gasteiger partial charge >= 0.3 is 18.8 Å². The largest absolute Gasteiger partial charge is 0.465 e. The molecular weight excluding hydrogens is 358 g/mol. The molecule has 0 aliphatic carbocycles. The second-order valence-electron chi connectivity index (χ2n) is 3.85. The highest BCUT2D eigenvalue weighted by Crippen LogP contribution is 2.40. The maximum absolute atomic E-state index is 13.0. The standard InChI is InChI=1S/C12H9ClF6O4/c1-21-12(20)4-2-3-5(22-10(18)8(14)15)7(6(4)13)23-11(19)9(16)17/h2-3,8-11H,1H3. The first-order valence-corrected chi connectivity index (χ1v) is 6.15. The van der Waals surface area contributed by atoms with Crippen LogP contribution in [0, 0.1) is 0 Å². The van der Waals surface area contributed by atoms with Crippen LogP contribution < -0.4 is 9.47 Å². The van der Waals surface area contributed by atoms with E-state index in [4.69, 9.17) is 11.6 Å². The Kier molecular flexibility index (Phi) is 6.79. The van der Waals surface area contributed by atoms with Gasteiger partial charge in [0.15, 0.2) is 11.5 Å². The summed E-state index contributed by atoms with van der Waals surface area (Å²) in [5.41, 5.74) is -0.453. The fourth-order valence-corrected chi connectivity index (χ4v) is 1.62. The van der Waals surface area contributed by atoms with Crippen molar-refractivity contribution in [3.63, 3.8) is 0 Å². The average molecular weight is 367 g/mol. The van der Waals surface area contributed by atoms with E-state index in [2.05, 4.69) is 14.2 Å². The quantitative estimate of drug-likeness (QED) is 0.540. The van der Waals surface area contributed by atoms with Crippen LogP contribution in [0.25, 0.3) is 0 Å². The van der Waals surface area contributed by atoms with Crippen LogP contribution in [0.3, 0.4) is 0 Å². The third-order valence-electron chi connectivity index (χ3n) is 2.33. The Morgan fingerprint density at radius 2 is 1.52 bits per heavy atom. The zero-order valence-corrected chi connectivity index (χ0v) is 12.0. The molecule has 0 aliphatic heterocycles. The van der Waals surface area contributed by atoms with Crippen molar-refractivity contribution in [2.24, 2.45) is 0 Å². The van der Waals surface area contributed by atoms with Crippen molar-refractivity contribution in [3.05, 3.63) is 22.7 Å². The van der Waals surface area contributed by atoms with Gasteiger partial charge in [-0.15, -0.1) is 0 Å². The van der Waals surface area contributed by atoms with Crippen molar-refractivity contribution >= 4 is 17.6 Å². The van der Waals surface area contributed by atoms with Crippen LogP contribution in [0.15, 0.2) is 12.1 Å². The Bertz CT molecular complexity index is 557. The topological polar surface area (TPSA) is 44.8 Å². The van der Waals surface area contributed by atoms with Crippen LogP contribution in [0.5, 0.6) is 11.5 Å². The van der Waals surface area contributed by atoms with E-state index in [1.165, 1.54) is 0 Å². The van der Waals surface area contributed by atoms with Crippen molar-refractivity contribution in [1.82, 2.24) is 0 Å². The Hall–Kier alpha value is -1.84. The van der Waals surface area contributed by atoms with Gasteiger partial charge in [-0.1, -0.05) is 11.6 Å². The molecule has 1 aromatic rings. The molecule has 0 fully saturated rings. The molecule has 2 atom stereocenters. The predicted octanol–water partition coefficient (Wildman–Crippen LogP) is 4.01. The summed E-state index contributed by atoms with van der Waals surface area (Å²) in [4.78, 5) is 11.4. The molecule has 0 aromatic heterocycles. The third kappa shape index (κ3) is 4.81. The summed E-state index contributed by atoms with van der Waals surface area (Å²) < 4.78 is 87.4. The molecule has 0 saturated carbocycles. The predicted molar refractivity (Wildman–Crippen MR) is 65.8 cm³/mol. The zero-order chi connectivity index (χ0) is 17.7. The number of alkyl halides is 6. The molecule has 0 spiro atoms. The normalized spacial score (nSPS) is 13.8. The lowest BCUT2D eigenvalue weighted by Gasteiger charge is -2.18. The summed E-state index contributed by atoms with van der Waals surface area (Å²) in [7, 11) is 0.967. The third-order valence-corrected chi connectivity index (χ3v) is 2.71. The van der Waals surface area contributed by atoms with Gasteiger partial charge in [0.25, 0.3) is 12.7 Å². The monoisotopic (exact) mass is 366 g/mol. The summed E-state index contributed by atoms with van der Waals surface area (Å²) in [6.45, 7) is 0. The van der Waals surface area contributed by atoms with Gasteiger partial charge in [0.2, 0.25) is 0 Å². The van der Waals surface area contributed by atoms with Gasteiger partial charge in [0.1, 0.15) is 5.02 Å². The summed E-state index contributed by atoms with van der Waals surface area (Å²) in [6, 6.07) is 1.60. The fraction of sp³-hybridized carbons (Fsp3) is 0.417. The molecule has 1 aromatic carbocycles. The smallest absolute Gasteiger partial charge is 0.339 e. The Morgan fingerprint density at radius 1 is 1.00 bits per heavy atom. The maximum Gasteiger partial charge on any atom is 0.339 e. The van der Waals surface area contributed by atoms with E-state index in [0.29, 0.717) is 0 Å². The van der Waals surface area contributed by atoms with Crippen molar-refractivity contribution in [2.45, 2.75) is 25.6 Å². The van der Waals surface area contributed by atoms with Crippen LogP contribution in [0.2, 0.25) is 5.02 Å². The van der Waals surface area contributed by atoms with E-state index in [1.54, 1.807) is 0 Å². The highest BCUT2D eigenvalue weighted by atomic mass is 35.5. The second kappa shape index (κ2) is 8.14. The molecule has 1 rings (SSSR count). The molecule has 130 valence electrons. The molecule has 11 heteroatoms. The molecule has 4 nitrogen and oxygen atoms in total. The zero-order valence-electron chi connectivity index (χ0n) is 11.2. The Morgan fingerprint density at radius 3 is 2.00 bits per heavy atom. The number of hydrogen-bond donors (Lipinski definition) is 0. The maximum atomic E-state index is 13.0. The number of ether oxygens (including phenoxy) is 3. The molecular formula is C12H9ClF6O4. The molecule has 0 bridgehead atoms. The van der Waals surface area contributed by atoms with E-state index in [1.807, 2.05) is 0 Å². The first-order chi connectivity index (χ1) is 10.7. The summed E-state index contributed by atoms with van der Waals surface area (Å²) >= 11 is 5.67. The highest BCUT2D eigenvalue weighted by molar-refractivity contribution is 6.35. The van der Waals surface area contributed by atoms with Crippen LogP contribution in [0.1, 0.15) is 10.4 Å². The lowest BCUT2D eigenvalue weighted by Crippen LogP contribution is -2.23. The summed E-state index contributed by atoms with van der Waals surface area (Å²) in [5, 5.41) is -0.765. The lowest BCUT2D eigenvalue weighted by molar-refractivity contribution is -0.0805. The number of benzene rings is 1. The van der Waals surface area contributed by atoms with E-state index in [9.17, 15) is 31.1 Å². The average Bonchev–Trinajstić information content (AvgIpc) is 2.49. The van der Waals surface area contributed by atoms with Crippen LogP contribution in [-0.4, -0.2) is 38.6 Å². The second-order valence-corrected chi connectivity index (χ2v) is 4.23. The van der Waals surface area contributed by atoms with Gasteiger partial charge in [0, 0.05) is 0 Å². The van der Waals surface area contributed by atoms with Gasteiger partial charge in [-0.2, -0.15) is 8.78 Å². The van der Waals surface area contributed by atoms with E-state index >= 15 is 0 Å². The molecule has 23 heavy (non-hydrogen) atoms. The number of carbonyl (C=O) groups is 1. The van der Waals surface area contributed by atoms with E-state index < -0.39 is 53.6 Å². The van der Waals surface area contributed by atoms with Crippen molar-refractivity contribution in [1.29, 1.82) is 0 Å². The van der Waals surface area contributed by atoms with Crippen LogP contribution >= 0.6 is 11.6 Å². The van der Waals surface area contributed by atoms with Crippen molar-refractivity contribution in [3.8, 4) is 11.5 Å². The number of rotatable bonds is 7. The Labute approximate surface area is 130 Å². The summed E-state index contributed by atoms with van der Waals surface area (Å²) in [5.74, 6) is -2.98. The molecule has 2 unspecified atom stereocenters. The fourth-order valence-electron chi connectivity index (χ4n) is 1.35. The van der Waals surface area contributed by atoms with Crippen molar-refractivity contribution in [2.75, 3.05) is 7.11 Å².